The van der Waals surface area contributed by atoms with Crippen LogP contribution in [0.5, 0.6) is 0 Å². The van der Waals surface area contributed by atoms with E-state index in [4.69, 9.17) is 4.74 Å². The number of hydrogen-bond acceptors (Lipinski definition) is 3. The van der Waals surface area contributed by atoms with E-state index in [0.29, 0.717) is 0 Å². The number of aryl methyl sites for hydroxylation is 1. The minimum atomic E-state index is -0.475. The van der Waals surface area contributed by atoms with Crippen molar-refractivity contribution in [3.05, 3.63) is 75.8 Å². The summed E-state index contributed by atoms with van der Waals surface area (Å²) < 4.78 is 6.00. The van der Waals surface area contributed by atoms with Gasteiger partial charge in [-0.3, -0.25) is 9.59 Å². The van der Waals surface area contributed by atoms with Crippen LogP contribution in [-0.2, 0) is 20.9 Å². The Morgan fingerprint density at radius 1 is 1.17 bits per heavy atom. The molecule has 0 saturated carbocycles. The standard InChI is InChI=1S/C19H18BrNO3/c1-14-7-8-16(17(20)11-14)9-10-18(22)21-12-19(23)24-13-15-5-3-2-4-6-15/h2-11H,12-13H2,1H3,(H,21,22)/b10-9+. The smallest absolute Gasteiger partial charge is 0.325 e. The molecule has 0 aliphatic rings. The molecule has 0 fully saturated rings. The van der Waals surface area contributed by atoms with Gasteiger partial charge in [0.25, 0.3) is 0 Å². The van der Waals surface area contributed by atoms with Crippen LogP contribution in [0.1, 0.15) is 16.7 Å². The van der Waals surface area contributed by atoms with Crippen molar-refractivity contribution in [2.45, 2.75) is 13.5 Å². The fourth-order valence-electron chi connectivity index (χ4n) is 1.94. The predicted molar refractivity (Wildman–Crippen MR) is 97.2 cm³/mol. The molecule has 1 N–H and O–H groups in total. The Hall–Kier alpha value is -2.40. The van der Waals surface area contributed by atoms with E-state index in [9.17, 15) is 9.59 Å². The molecule has 2 aromatic rings. The van der Waals surface area contributed by atoms with Gasteiger partial charge >= 0.3 is 5.97 Å². The van der Waals surface area contributed by atoms with Crippen molar-refractivity contribution in [1.82, 2.24) is 5.32 Å². The molecular weight excluding hydrogens is 370 g/mol. The Kier molecular flexibility index (Phi) is 6.75. The van der Waals surface area contributed by atoms with Crippen LogP contribution >= 0.6 is 15.9 Å². The van der Waals surface area contributed by atoms with Gasteiger partial charge in [0.2, 0.25) is 5.91 Å². The fourth-order valence-corrected chi connectivity index (χ4v) is 2.57. The molecule has 24 heavy (non-hydrogen) atoms. The maximum absolute atomic E-state index is 11.8. The second kappa shape index (κ2) is 9.03. The lowest BCUT2D eigenvalue weighted by Crippen LogP contribution is -2.29. The molecule has 0 saturated heterocycles. The van der Waals surface area contributed by atoms with Crippen LogP contribution in [0.15, 0.2) is 59.1 Å². The van der Waals surface area contributed by atoms with E-state index in [-0.39, 0.29) is 19.1 Å². The van der Waals surface area contributed by atoms with E-state index in [1.165, 1.54) is 6.08 Å². The quantitative estimate of drug-likeness (QED) is 0.608. The number of carbonyl (C=O) groups is 2. The normalized spacial score (nSPS) is 10.6. The zero-order chi connectivity index (χ0) is 17.4. The lowest BCUT2D eigenvalue weighted by atomic mass is 10.1. The molecule has 124 valence electrons. The summed E-state index contributed by atoms with van der Waals surface area (Å²) in [6.45, 7) is 2.03. The second-order valence-electron chi connectivity index (χ2n) is 5.22. The maximum atomic E-state index is 11.8. The van der Waals surface area contributed by atoms with Crippen LogP contribution in [0.25, 0.3) is 6.08 Å². The number of esters is 1. The number of benzene rings is 2. The molecule has 2 rings (SSSR count). The van der Waals surface area contributed by atoms with Crippen LogP contribution in [0.3, 0.4) is 0 Å². The molecule has 5 heteroatoms. The number of nitrogens with one attached hydrogen (secondary N) is 1. The summed E-state index contributed by atoms with van der Waals surface area (Å²) in [5.41, 5.74) is 2.92. The largest absolute Gasteiger partial charge is 0.460 e. The van der Waals surface area contributed by atoms with Crippen molar-refractivity contribution in [1.29, 1.82) is 0 Å². The Morgan fingerprint density at radius 2 is 1.92 bits per heavy atom. The van der Waals surface area contributed by atoms with Crippen LogP contribution in [0.2, 0.25) is 0 Å². The van der Waals surface area contributed by atoms with Crippen molar-refractivity contribution in [3.8, 4) is 0 Å². The Bertz CT molecular complexity index is 742. The first kappa shape index (κ1) is 17.9. The first-order valence-electron chi connectivity index (χ1n) is 7.46. The van der Waals surface area contributed by atoms with E-state index in [1.54, 1.807) is 6.08 Å². The monoisotopic (exact) mass is 387 g/mol. The summed E-state index contributed by atoms with van der Waals surface area (Å²) in [5, 5.41) is 2.50. The molecule has 4 nitrogen and oxygen atoms in total. The van der Waals surface area contributed by atoms with Crippen molar-refractivity contribution < 1.29 is 14.3 Å². The third kappa shape index (κ3) is 6.01. The third-order valence-electron chi connectivity index (χ3n) is 3.22. The number of hydrogen-bond donors (Lipinski definition) is 1. The summed E-state index contributed by atoms with van der Waals surface area (Å²) in [6, 6.07) is 15.2. The zero-order valence-electron chi connectivity index (χ0n) is 13.3. The van der Waals surface area contributed by atoms with Crippen LogP contribution < -0.4 is 5.32 Å². The molecule has 0 radical (unpaired) electrons. The zero-order valence-corrected chi connectivity index (χ0v) is 14.9. The van der Waals surface area contributed by atoms with E-state index >= 15 is 0 Å². The molecule has 0 heterocycles. The summed E-state index contributed by atoms with van der Waals surface area (Å²) in [5.74, 6) is -0.823. The third-order valence-corrected chi connectivity index (χ3v) is 3.91. The molecule has 0 spiro atoms. The molecule has 0 bridgehead atoms. The number of amides is 1. The highest BCUT2D eigenvalue weighted by atomic mass is 79.9. The van der Waals surface area contributed by atoms with Gasteiger partial charge in [0.05, 0.1) is 0 Å². The first-order chi connectivity index (χ1) is 11.5. The SMILES string of the molecule is Cc1ccc(/C=C/C(=O)NCC(=O)OCc2ccccc2)c(Br)c1. The average Bonchev–Trinajstić information content (AvgIpc) is 2.58. The fraction of sp³-hybridized carbons (Fsp3) is 0.158. The summed E-state index contributed by atoms with van der Waals surface area (Å²) >= 11 is 3.45. The van der Waals surface area contributed by atoms with Crippen molar-refractivity contribution in [3.63, 3.8) is 0 Å². The topological polar surface area (TPSA) is 55.4 Å². The minimum Gasteiger partial charge on any atom is -0.460 e. The molecule has 0 unspecified atom stereocenters. The van der Waals surface area contributed by atoms with E-state index in [2.05, 4.69) is 21.2 Å². The molecule has 0 aromatic heterocycles. The van der Waals surface area contributed by atoms with Gasteiger partial charge in [-0.2, -0.15) is 0 Å². The van der Waals surface area contributed by atoms with Gasteiger partial charge in [-0.1, -0.05) is 58.4 Å². The Balaban J connectivity index is 1.76. The lowest BCUT2D eigenvalue weighted by Gasteiger charge is -2.05. The Morgan fingerprint density at radius 3 is 2.62 bits per heavy atom. The van der Waals surface area contributed by atoms with Crippen molar-refractivity contribution in [2.75, 3.05) is 6.54 Å². The molecule has 0 aliphatic heterocycles. The number of halogens is 1. The van der Waals surface area contributed by atoms with E-state index in [1.807, 2.05) is 55.5 Å². The summed E-state index contributed by atoms with van der Waals surface area (Å²) in [7, 11) is 0. The molecule has 0 aliphatic carbocycles. The van der Waals surface area contributed by atoms with E-state index < -0.39 is 5.97 Å². The summed E-state index contributed by atoms with van der Waals surface area (Å²) in [4.78, 5) is 23.4. The van der Waals surface area contributed by atoms with Crippen molar-refractivity contribution >= 4 is 33.9 Å². The highest BCUT2D eigenvalue weighted by molar-refractivity contribution is 9.10. The molecule has 0 atom stereocenters. The highest BCUT2D eigenvalue weighted by Gasteiger charge is 2.05. The number of carbonyl (C=O) groups excluding carboxylic acids is 2. The number of rotatable bonds is 6. The van der Waals surface area contributed by atoms with Gasteiger partial charge in [0, 0.05) is 10.5 Å². The first-order valence-corrected chi connectivity index (χ1v) is 8.25. The molecular formula is C19H18BrNO3. The van der Waals surface area contributed by atoms with Gasteiger partial charge in [0.1, 0.15) is 13.2 Å². The van der Waals surface area contributed by atoms with Gasteiger partial charge in [0.15, 0.2) is 0 Å². The minimum absolute atomic E-state index is 0.162. The average molecular weight is 388 g/mol. The lowest BCUT2D eigenvalue weighted by molar-refractivity contribution is -0.144. The highest BCUT2D eigenvalue weighted by Crippen LogP contribution is 2.19. The van der Waals surface area contributed by atoms with Crippen molar-refractivity contribution in [2.24, 2.45) is 0 Å². The Labute approximate surface area is 149 Å². The number of ether oxygens (including phenoxy) is 1. The van der Waals surface area contributed by atoms with Gasteiger partial charge in [-0.15, -0.1) is 0 Å². The van der Waals surface area contributed by atoms with Gasteiger partial charge in [-0.25, -0.2) is 0 Å². The van der Waals surface area contributed by atoms with Gasteiger partial charge < -0.3 is 10.1 Å². The van der Waals surface area contributed by atoms with Crippen LogP contribution in [0, 0.1) is 6.92 Å². The van der Waals surface area contributed by atoms with Crippen LogP contribution in [0.4, 0.5) is 0 Å². The maximum Gasteiger partial charge on any atom is 0.325 e. The van der Waals surface area contributed by atoms with Crippen LogP contribution in [-0.4, -0.2) is 18.4 Å². The molecule has 2 aromatic carbocycles. The molecule has 1 amide bonds. The second-order valence-corrected chi connectivity index (χ2v) is 6.08. The van der Waals surface area contributed by atoms with E-state index in [0.717, 1.165) is 21.2 Å². The van der Waals surface area contributed by atoms with Gasteiger partial charge in [-0.05, 0) is 35.8 Å². The predicted octanol–water partition coefficient (Wildman–Crippen LogP) is 3.63. The summed E-state index contributed by atoms with van der Waals surface area (Å²) in [6.07, 6.45) is 3.08.